The highest BCUT2D eigenvalue weighted by molar-refractivity contribution is 5.39. The first-order valence-corrected chi connectivity index (χ1v) is 6.64. The van der Waals surface area contributed by atoms with Crippen molar-refractivity contribution in [2.75, 3.05) is 14.2 Å². The molecule has 0 spiro atoms. The predicted octanol–water partition coefficient (Wildman–Crippen LogP) is 3.76. The molecular weight excluding hydrogens is 253 g/mol. The van der Waals surface area contributed by atoms with E-state index in [2.05, 4.69) is 31.3 Å². The van der Waals surface area contributed by atoms with Crippen molar-refractivity contribution < 1.29 is 9.13 Å². The van der Waals surface area contributed by atoms with E-state index in [1.807, 2.05) is 13.1 Å². The van der Waals surface area contributed by atoms with Crippen LogP contribution in [0.15, 0.2) is 36.4 Å². The zero-order chi connectivity index (χ0) is 14.7. The Bertz CT molecular complexity index is 610. The molecule has 2 nitrogen and oxygen atoms in total. The summed E-state index contributed by atoms with van der Waals surface area (Å²) in [5.41, 5.74) is 4.12. The van der Waals surface area contributed by atoms with E-state index in [4.69, 9.17) is 4.74 Å². The fourth-order valence-corrected chi connectivity index (χ4v) is 2.31. The molecule has 1 unspecified atom stereocenters. The molecule has 1 atom stereocenters. The number of nitrogens with one attached hydrogen (secondary N) is 1. The van der Waals surface area contributed by atoms with Gasteiger partial charge in [-0.1, -0.05) is 24.3 Å². The lowest BCUT2D eigenvalue weighted by Crippen LogP contribution is -2.19. The van der Waals surface area contributed by atoms with Gasteiger partial charge in [0.25, 0.3) is 0 Å². The first kappa shape index (κ1) is 14.5. The van der Waals surface area contributed by atoms with Gasteiger partial charge in [-0.2, -0.15) is 0 Å². The van der Waals surface area contributed by atoms with Gasteiger partial charge in [0.2, 0.25) is 0 Å². The van der Waals surface area contributed by atoms with E-state index >= 15 is 0 Å². The fourth-order valence-electron chi connectivity index (χ4n) is 2.31. The highest BCUT2D eigenvalue weighted by Crippen LogP contribution is 2.27. The average molecular weight is 273 g/mol. The van der Waals surface area contributed by atoms with E-state index in [0.717, 1.165) is 5.56 Å². The smallest absolute Gasteiger partial charge is 0.132 e. The minimum atomic E-state index is -0.262. The molecule has 1 N–H and O–H groups in total. The average Bonchev–Trinajstić information content (AvgIpc) is 2.45. The van der Waals surface area contributed by atoms with Gasteiger partial charge < -0.3 is 10.1 Å². The fraction of sp³-hybridized carbons (Fsp3) is 0.294. The number of halogens is 1. The van der Waals surface area contributed by atoms with Gasteiger partial charge in [0.1, 0.15) is 11.6 Å². The molecule has 0 heterocycles. The number of aryl methyl sites for hydroxylation is 2. The summed E-state index contributed by atoms with van der Waals surface area (Å²) >= 11 is 0. The lowest BCUT2D eigenvalue weighted by molar-refractivity contribution is 0.410. The SMILES string of the molecule is CNC(c1ccc(C)c(C)c1)c1ccc(OC)cc1F. The molecule has 0 bridgehead atoms. The molecule has 0 amide bonds. The molecular formula is C17H20FNO. The van der Waals surface area contributed by atoms with Crippen LogP contribution in [0.5, 0.6) is 5.75 Å². The maximum atomic E-state index is 14.2. The van der Waals surface area contributed by atoms with Gasteiger partial charge in [-0.05, 0) is 43.7 Å². The van der Waals surface area contributed by atoms with E-state index in [9.17, 15) is 4.39 Å². The summed E-state index contributed by atoms with van der Waals surface area (Å²) in [6, 6.07) is 11.0. The molecule has 20 heavy (non-hydrogen) atoms. The van der Waals surface area contributed by atoms with E-state index < -0.39 is 0 Å². The van der Waals surface area contributed by atoms with Crippen LogP contribution in [0.4, 0.5) is 4.39 Å². The third-order valence-electron chi connectivity index (χ3n) is 3.67. The summed E-state index contributed by atoms with van der Waals surface area (Å²) < 4.78 is 19.3. The van der Waals surface area contributed by atoms with Crippen LogP contribution in [0.25, 0.3) is 0 Å². The van der Waals surface area contributed by atoms with Crippen molar-refractivity contribution in [1.29, 1.82) is 0 Å². The lowest BCUT2D eigenvalue weighted by Gasteiger charge is -2.19. The standard InChI is InChI=1S/C17H20FNO/c1-11-5-6-13(9-12(11)2)17(19-3)15-8-7-14(20-4)10-16(15)18/h5-10,17,19H,1-4H3. The van der Waals surface area contributed by atoms with Gasteiger partial charge in [-0.15, -0.1) is 0 Å². The van der Waals surface area contributed by atoms with Gasteiger partial charge in [-0.3, -0.25) is 0 Å². The highest BCUT2D eigenvalue weighted by atomic mass is 19.1. The van der Waals surface area contributed by atoms with Gasteiger partial charge in [0.15, 0.2) is 0 Å². The molecule has 2 aromatic rings. The van der Waals surface area contributed by atoms with E-state index in [1.54, 1.807) is 12.1 Å². The number of methoxy groups -OCH3 is 1. The predicted molar refractivity (Wildman–Crippen MR) is 79.8 cm³/mol. The topological polar surface area (TPSA) is 21.3 Å². The summed E-state index contributed by atoms with van der Waals surface area (Å²) in [5.74, 6) is 0.267. The summed E-state index contributed by atoms with van der Waals surface area (Å²) in [6.45, 7) is 4.14. The van der Waals surface area contributed by atoms with Gasteiger partial charge in [0, 0.05) is 11.6 Å². The molecule has 3 heteroatoms. The van der Waals surface area contributed by atoms with Crippen molar-refractivity contribution in [2.45, 2.75) is 19.9 Å². The second-order valence-electron chi connectivity index (χ2n) is 4.95. The quantitative estimate of drug-likeness (QED) is 0.915. The Labute approximate surface area is 119 Å². The van der Waals surface area contributed by atoms with Crippen LogP contribution in [0.3, 0.4) is 0 Å². The Kier molecular flexibility index (Phi) is 4.40. The van der Waals surface area contributed by atoms with Crippen LogP contribution < -0.4 is 10.1 Å². The number of ether oxygens (including phenoxy) is 1. The molecule has 0 saturated heterocycles. The molecule has 0 saturated carbocycles. The van der Waals surface area contributed by atoms with Crippen LogP contribution in [0.1, 0.15) is 28.3 Å². The molecule has 106 valence electrons. The highest BCUT2D eigenvalue weighted by Gasteiger charge is 2.17. The van der Waals surface area contributed by atoms with Crippen molar-refractivity contribution >= 4 is 0 Å². The molecule has 0 aromatic heterocycles. The number of hydrogen-bond donors (Lipinski definition) is 1. The van der Waals surface area contributed by atoms with Crippen molar-refractivity contribution in [3.63, 3.8) is 0 Å². The van der Waals surface area contributed by atoms with Crippen molar-refractivity contribution in [1.82, 2.24) is 5.32 Å². The summed E-state index contributed by atoms with van der Waals surface area (Å²) in [7, 11) is 3.37. The molecule has 2 aromatic carbocycles. The summed E-state index contributed by atoms with van der Waals surface area (Å²) in [6.07, 6.45) is 0. The minimum absolute atomic E-state index is 0.166. The maximum absolute atomic E-state index is 14.2. The monoisotopic (exact) mass is 273 g/mol. The van der Waals surface area contributed by atoms with E-state index in [-0.39, 0.29) is 11.9 Å². The maximum Gasteiger partial charge on any atom is 0.132 e. The molecule has 0 radical (unpaired) electrons. The van der Waals surface area contributed by atoms with Crippen molar-refractivity contribution in [2.24, 2.45) is 0 Å². The molecule has 0 aliphatic carbocycles. The summed E-state index contributed by atoms with van der Waals surface area (Å²) in [4.78, 5) is 0. The van der Waals surface area contributed by atoms with Crippen molar-refractivity contribution in [3.8, 4) is 5.75 Å². The largest absolute Gasteiger partial charge is 0.497 e. The molecule has 2 rings (SSSR count). The Morgan fingerprint density at radius 3 is 2.35 bits per heavy atom. The van der Waals surface area contributed by atoms with Crippen LogP contribution in [0.2, 0.25) is 0 Å². The second-order valence-corrected chi connectivity index (χ2v) is 4.95. The van der Waals surface area contributed by atoms with Crippen LogP contribution in [-0.4, -0.2) is 14.2 Å². The minimum Gasteiger partial charge on any atom is -0.497 e. The number of hydrogen-bond acceptors (Lipinski definition) is 2. The van der Waals surface area contributed by atoms with Crippen LogP contribution in [0, 0.1) is 19.7 Å². The van der Waals surface area contributed by atoms with E-state index in [0.29, 0.717) is 11.3 Å². The first-order chi connectivity index (χ1) is 9.56. The molecule has 0 fully saturated rings. The Morgan fingerprint density at radius 1 is 1.05 bits per heavy atom. The Balaban J connectivity index is 2.43. The Hall–Kier alpha value is -1.87. The van der Waals surface area contributed by atoms with Gasteiger partial charge in [0.05, 0.1) is 13.2 Å². The van der Waals surface area contributed by atoms with Crippen molar-refractivity contribution in [3.05, 3.63) is 64.5 Å². The molecule has 0 aliphatic heterocycles. The lowest BCUT2D eigenvalue weighted by atomic mass is 9.95. The zero-order valence-corrected chi connectivity index (χ0v) is 12.3. The van der Waals surface area contributed by atoms with E-state index in [1.165, 1.54) is 24.3 Å². The normalized spacial score (nSPS) is 12.2. The third kappa shape index (κ3) is 2.83. The molecule has 0 aliphatic rings. The number of rotatable bonds is 4. The summed E-state index contributed by atoms with van der Waals surface area (Å²) in [5, 5.41) is 3.18. The third-order valence-corrected chi connectivity index (χ3v) is 3.67. The van der Waals surface area contributed by atoms with Gasteiger partial charge in [-0.25, -0.2) is 4.39 Å². The van der Waals surface area contributed by atoms with Crippen LogP contribution >= 0.6 is 0 Å². The van der Waals surface area contributed by atoms with Crippen LogP contribution in [-0.2, 0) is 0 Å². The second kappa shape index (κ2) is 6.06. The number of benzene rings is 2. The van der Waals surface area contributed by atoms with Gasteiger partial charge >= 0.3 is 0 Å². The first-order valence-electron chi connectivity index (χ1n) is 6.64. The zero-order valence-electron chi connectivity index (χ0n) is 12.3. The Morgan fingerprint density at radius 2 is 1.80 bits per heavy atom.